The molecule has 8 heteroatoms. The highest BCUT2D eigenvalue weighted by atomic mass is 35.5. The Bertz CT molecular complexity index is 863. The standard InChI is InChI=1S/C15H11ClFN5O/c1-9-14(15(23)19-13-7-6-10(17)8-18-13)20-21-22(9)12-5-3-2-4-11(12)16/h2-8H,1H3,(H,18,19,23). The first-order chi connectivity index (χ1) is 11.1. The molecule has 23 heavy (non-hydrogen) atoms. The molecule has 0 bridgehead atoms. The van der Waals surface area contributed by atoms with Crippen LogP contribution in [0.1, 0.15) is 16.2 Å². The molecule has 0 atom stereocenters. The lowest BCUT2D eigenvalue weighted by Gasteiger charge is -2.06. The minimum absolute atomic E-state index is 0.135. The zero-order chi connectivity index (χ0) is 16.4. The molecule has 2 heterocycles. The van der Waals surface area contributed by atoms with Gasteiger partial charge in [0.25, 0.3) is 5.91 Å². The predicted octanol–water partition coefficient (Wildman–Crippen LogP) is 3.02. The van der Waals surface area contributed by atoms with Gasteiger partial charge in [-0.2, -0.15) is 0 Å². The first kappa shape index (κ1) is 15.1. The van der Waals surface area contributed by atoms with Crippen molar-refractivity contribution in [3.63, 3.8) is 0 Å². The number of para-hydroxylation sites is 1. The Labute approximate surface area is 135 Å². The fourth-order valence-electron chi connectivity index (χ4n) is 2.02. The van der Waals surface area contributed by atoms with Crippen molar-refractivity contribution < 1.29 is 9.18 Å². The van der Waals surface area contributed by atoms with Crippen LogP contribution < -0.4 is 5.32 Å². The summed E-state index contributed by atoms with van der Waals surface area (Å²) in [7, 11) is 0. The lowest BCUT2D eigenvalue weighted by Crippen LogP contribution is -2.15. The van der Waals surface area contributed by atoms with Gasteiger partial charge in [0.2, 0.25) is 0 Å². The Kier molecular flexibility index (Phi) is 4.03. The number of carbonyl (C=O) groups excluding carboxylic acids is 1. The van der Waals surface area contributed by atoms with Crippen LogP contribution in [0.4, 0.5) is 10.2 Å². The maximum absolute atomic E-state index is 12.8. The van der Waals surface area contributed by atoms with Crippen molar-refractivity contribution in [1.82, 2.24) is 20.0 Å². The molecule has 0 saturated heterocycles. The number of benzene rings is 1. The summed E-state index contributed by atoms with van der Waals surface area (Å²) in [6.45, 7) is 1.70. The molecule has 2 aromatic heterocycles. The molecule has 116 valence electrons. The van der Waals surface area contributed by atoms with E-state index in [1.165, 1.54) is 16.8 Å². The molecule has 1 aromatic carbocycles. The maximum Gasteiger partial charge on any atom is 0.279 e. The summed E-state index contributed by atoms with van der Waals surface area (Å²) in [4.78, 5) is 16.0. The van der Waals surface area contributed by atoms with Gasteiger partial charge in [0.05, 0.1) is 22.6 Å². The quantitative estimate of drug-likeness (QED) is 0.800. The van der Waals surface area contributed by atoms with E-state index in [4.69, 9.17) is 11.6 Å². The zero-order valence-corrected chi connectivity index (χ0v) is 12.8. The number of carbonyl (C=O) groups is 1. The number of aromatic nitrogens is 4. The van der Waals surface area contributed by atoms with Crippen LogP contribution in [0.2, 0.25) is 5.02 Å². The molecule has 1 N–H and O–H groups in total. The van der Waals surface area contributed by atoms with E-state index in [0.717, 1.165) is 6.20 Å². The van der Waals surface area contributed by atoms with Gasteiger partial charge in [0, 0.05) is 0 Å². The first-order valence-electron chi connectivity index (χ1n) is 6.66. The second-order valence-corrected chi connectivity index (χ2v) is 5.11. The van der Waals surface area contributed by atoms with Crippen molar-refractivity contribution in [2.45, 2.75) is 6.92 Å². The van der Waals surface area contributed by atoms with E-state index in [1.54, 1.807) is 25.1 Å². The molecule has 0 fully saturated rings. The monoisotopic (exact) mass is 331 g/mol. The molecule has 6 nitrogen and oxygen atoms in total. The average molecular weight is 332 g/mol. The predicted molar refractivity (Wildman–Crippen MR) is 83.3 cm³/mol. The third kappa shape index (κ3) is 3.04. The Hall–Kier alpha value is -2.80. The number of pyridine rings is 1. The summed E-state index contributed by atoms with van der Waals surface area (Å²) in [5.41, 5.74) is 1.28. The molecule has 0 aliphatic carbocycles. The molecule has 0 aliphatic rings. The highest BCUT2D eigenvalue weighted by molar-refractivity contribution is 6.32. The Balaban J connectivity index is 1.88. The summed E-state index contributed by atoms with van der Waals surface area (Å²) < 4.78 is 14.3. The minimum atomic E-state index is -0.486. The van der Waals surface area contributed by atoms with E-state index in [1.807, 2.05) is 6.07 Å². The summed E-state index contributed by atoms with van der Waals surface area (Å²) in [6, 6.07) is 9.67. The summed E-state index contributed by atoms with van der Waals surface area (Å²) in [5.74, 6) is -0.744. The highest BCUT2D eigenvalue weighted by Gasteiger charge is 2.18. The van der Waals surface area contributed by atoms with E-state index in [0.29, 0.717) is 16.4 Å². The molecule has 0 unspecified atom stereocenters. The maximum atomic E-state index is 12.8. The van der Waals surface area contributed by atoms with Crippen molar-refractivity contribution in [2.75, 3.05) is 5.32 Å². The first-order valence-corrected chi connectivity index (χ1v) is 7.04. The number of hydrogen-bond donors (Lipinski definition) is 1. The van der Waals surface area contributed by atoms with Gasteiger partial charge < -0.3 is 5.32 Å². The summed E-state index contributed by atoms with van der Waals surface area (Å²) in [6.07, 6.45) is 1.02. The van der Waals surface area contributed by atoms with Crippen LogP contribution in [0, 0.1) is 12.7 Å². The molecule has 0 radical (unpaired) electrons. The van der Waals surface area contributed by atoms with Gasteiger partial charge in [-0.3, -0.25) is 4.79 Å². The lowest BCUT2D eigenvalue weighted by atomic mass is 10.3. The molecule has 0 spiro atoms. The Morgan fingerprint density at radius 1 is 1.26 bits per heavy atom. The van der Waals surface area contributed by atoms with E-state index in [9.17, 15) is 9.18 Å². The van der Waals surface area contributed by atoms with Gasteiger partial charge in [-0.1, -0.05) is 28.9 Å². The number of nitrogens with zero attached hydrogens (tertiary/aromatic N) is 4. The number of rotatable bonds is 3. The van der Waals surface area contributed by atoms with E-state index in [2.05, 4.69) is 20.6 Å². The Morgan fingerprint density at radius 3 is 2.74 bits per heavy atom. The number of nitrogens with one attached hydrogen (secondary N) is 1. The van der Waals surface area contributed by atoms with Gasteiger partial charge in [-0.05, 0) is 31.2 Å². The van der Waals surface area contributed by atoms with E-state index >= 15 is 0 Å². The molecule has 0 saturated carbocycles. The van der Waals surface area contributed by atoms with Crippen molar-refractivity contribution in [2.24, 2.45) is 0 Å². The minimum Gasteiger partial charge on any atom is -0.305 e. The molecule has 0 aliphatic heterocycles. The molecule has 1 amide bonds. The molecule has 3 rings (SSSR count). The largest absolute Gasteiger partial charge is 0.305 e. The SMILES string of the molecule is Cc1c(C(=O)Nc2ccc(F)cn2)nnn1-c1ccccc1Cl. The van der Waals surface area contributed by atoms with Crippen molar-refractivity contribution in [3.05, 3.63) is 64.8 Å². The van der Waals surface area contributed by atoms with Crippen LogP contribution in [0.15, 0.2) is 42.6 Å². The third-order valence-electron chi connectivity index (χ3n) is 3.16. The smallest absolute Gasteiger partial charge is 0.279 e. The topological polar surface area (TPSA) is 72.7 Å². The molecular weight excluding hydrogens is 321 g/mol. The zero-order valence-electron chi connectivity index (χ0n) is 12.0. The van der Waals surface area contributed by atoms with Crippen LogP contribution in [0.25, 0.3) is 5.69 Å². The fourth-order valence-corrected chi connectivity index (χ4v) is 2.23. The normalized spacial score (nSPS) is 10.6. The second-order valence-electron chi connectivity index (χ2n) is 4.70. The van der Waals surface area contributed by atoms with Crippen molar-refractivity contribution >= 4 is 23.3 Å². The van der Waals surface area contributed by atoms with Crippen LogP contribution in [-0.2, 0) is 0 Å². The fraction of sp³-hybridized carbons (Fsp3) is 0.0667. The van der Waals surface area contributed by atoms with Crippen LogP contribution >= 0.6 is 11.6 Å². The molecule has 3 aromatic rings. The number of amides is 1. The highest BCUT2D eigenvalue weighted by Crippen LogP contribution is 2.21. The van der Waals surface area contributed by atoms with Gasteiger partial charge in [0.1, 0.15) is 11.6 Å². The third-order valence-corrected chi connectivity index (χ3v) is 3.48. The van der Waals surface area contributed by atoms with Crippen LogP contribution in [0.5, 0.6) is 0 Å². The molecular formula is C15H11ClFN5O. The van der Waals surface area contributed by atoms with Crippen molar-refractivity contribution in [1.29, 1.82) is 0 Å². The van der Waals surface area contributed by atoms with Crippen LogP contribution in [-0.4, -0.2) is 25.9 Å². The lowest BCUT2D eigenvalue weighted by molar-refractivity contribution is 0.102. The number of anilines is 1. The van der Waals surface area contributed by atoms with Gasteiger partial charge in [-0.25, -0.2) is 14.1 Å². The number of hydrogen-bond acceptors (Lipinski definition) is 4. The van der Waals surface area contributed by atoms with E-state index < -0.39 is 11.7 Å². The average Bonchev–Trinajstić information content (AvgIpc) is 2.92. The van der Waals surface area contributed by atoms with Crippen molar-refractivity contribution in [3.8, 4) is 5.69 Å². The van der Waals surface area contributed by atoms with Gasteiger partial charge in [0.15, 0.2) is 5.69 Å². The van der Waals surface area contributed by atoms with Gasteiger partial charge >= 0.3 is 0 Å². The van der Waals surface area contributed by atoms with Crippen LogP contribution in [0.3, 0.4) is 0 Å². The number of halogens is 2. The summed E-state index contributed by atoms with van der Waals surface area (Å²) in [5, 5.41) is 10.9. The summed E-state index contributed by atoms with van der Waals surface area (Å²) >= 11 is 6.13. The Morgan fingerprint density at radius 2 is 2.04 bits per heavy atom. The van der Waals surface area contributed by atoms with Gasteiger partial charge in [-0.15, -0.1) is 5.10 Å². The van der Waals surface area contributed by atoms with E-state index in [-0.39, 0.29) is 11.5 Å². The second kappa shape index (κ2) is 6.13.